The van der Waals surface area contributed by atoms with E-state index in [2.05, 4.69) is 5.32 Å². The van der Waals surface area contributed by atoms with Gasteiger partial charge in [-0.25, -0.2) is 18.4 Å². The third-order valence-corrected chi connectivity index (χ3v) is 4.50. The monoisotopic (exact) mass is 382 g/mol. The smallest absolute Gasteiger partial charge is 0.338 e. The number of nitrogens with one attached hydrogen (secondary N) is 1. The molecule has 0 aliphatic heterocycles. The summed E-state index contributed by atoms with van der Waals surface area (Å²) >= 11 is 5.72. The summed E-state index contributed by atoms with van der Waals surface area (Å²) in [5.74, 6) is -1.30. The molecule has 0 aromatic heterocycles. The molecule has 0 unspecified atom stereocenters. The molecule has 25 heavy (non-hydrogen) atoms. The molecule has 2 rings (SSSR count). The molecular formula is C16H15ClN2O5S. The van der Waals surface area contributed by atoms with Gasteiger partial charge in [0.2, 0.25) is 10.0 Å². The van der Waals surface area contributed by atoms with Crippen LogP contribution in [0.15, 0.2) is 47.4 Å². The number of primary sulfonamides is 1. The number of amides is 1. The number of halogens is 1. The van der Waals surface area contributed by atoms with Crippen molar-refractivity contribution < 1.29 is 22.7 Å². The third-order valence-electron chi connectivity index (χ3n) is 3.19. The number of nitrogens with two attached hydrogens (primary N) is 1. The molecule has 0 fully saturated rings. The van der Waals surface area contributed by atoms with Gasteiger partial charge >= 0.3 is 5.97 Å². The van der Waals surface area contributed by atoms with Crippen molar-refractivity contribution in [3.05, 3.63) is 58.6 Å². The first kappa shape index (κ1) is 18.9. The summed E-state index contributed by atoms with van der Waals surface area (Å²) in [5.41, 5.74) is 0.931. The summed E-state index contributed by atoms with van der Waals surface area (Å²) < 4.78 is 27.8. The zero-order valence-corrected chi connectivity index (χ0v) is 14.7. The second-order valence-corrected chi connectivity index (χ2v) is 7.12. The predicted octanol–water partition coefficient (Wildman–Crippen LogP) is 2.09. The van der Waals surface area contributed by atoms with E-state index >= 15 is 0 Å². The third kappa shape index (κ3) is 5.28. The summed E-state index contributed by atoms with van der Waals surface area (Å²) in [5, 5.41) is 8.02. The molecule has 0 saturated heterocycles. The number of ether oxygens (including phenoxy) is 1. The van der Waals surface area contributed by atoms with Gasteiger partial charge in [0.05, 0.1) is 10.5 Å². The van der Waals surface area contributed by atoms with Gasteiger partial charge in [-0.05, 0) is 48.9 Å². The van der Waals surface area contributed by atoms with Crippen molar-refractivity contribution in [2.75, 3.05) is 11.9 Å². The van der Waals surface area contributed by atoms with Gasteiger partial charge in [0.15, 0.2) is 6.61 Å². The standard InChI is InChI=1S/C16H15ClN2O5S/c1-10-2-7-13(8-14(10)25(18,22)23)19-15(20)9-24-16(21)11-3-5-12(17)6-4-11/h2-8H,9H2,1H3,(H,19,20)(H2,18,22,23). The van der Waals surface area contributed by atoms with E-state index in [1.54, 1.807) is 6.92 Å². The lowest BCUT2D eigenvalue weighted by molar-refractivity contribution is -0.119. The molecule has 2 aromatic carbocycles. The van der Waals surface area contributed by atoms with Crippen LogP contribution < -0.4 is 10.5 Å². The summed E-state index contributed by atoms with van der Waals surface area (Å²) in [4.78, 5) is 23.6. The Labute approximate surface area is 149 Å². The van der Waals surface area contributed by atoms with Gasteiger partial charge in [-0.1, -0.05) is 17.7 Å². The Kier molecular flexibility index (Phi) is 5.78. The zero-order valence-electron chi connectivity index (χ0n) is 13.2. The van der Waals surface area contributed by atoms with Gasteiger partial charge in [-0.15, -0.1) is 0 Å². The number of rotatable bonds is 5. The highest BCUT2D eigenvalue weighted by Gasteiger charge is 2.14. The molecule has 0 aliphatic carbocycles. The molecule has 3 N–H and O–H groups in total. The Hall–Kier alpha value is -2.42. The average Bonchev–Trinajstić information content (AvgIpc) is 2.54. The molecule has 0 bridgehead atoms. The highest BCUT2D eigenvalue weighted by atomic mass is 35.5. The minimum Gasteiger partial charge on any atom is -0.452 e. The summed E-state index contributed by atoms with van der Waals surface area (Å²) in [6.07, 6.45) is 0. The second kappa shape index (κ2) is 7.64. The first-order valence-electron chi connectivity index (χ1n) is 7.03. The number of esters is 1. The van der Waals surface area contributed by atoms with Crippen molar-refractivity contribution in [1.29, 1.82) is 0 Å². The molecule has 0 spiro atoms. The fourth-order valence-corrected chi connectivity index (χ4v) is 2.92. The van der Waals surface area contributed by atoms with Gasteiger partial charge in [0, 0.05) is 10.7 Å². The Morgan fingerprint density at radius 1 is 1.16 bits per heavy atom. The molecule has 2 aromatic rings. The van der Waals surface area contributed by atoms with E-state index < -0.39 is 28.5 Å². The molecule has 0 radical (unpaired) electrons. The SMILES string of the molecule is Cc1ccc(NC(=O)COC(=O)c2ccc(Cl)cc2)cc1S(N)(=O)=O. The van der Waals surface area contributed by atoms with E-state index in [1.165, 1.54) is 42.5 Å². The number of benzene rings is 2. The van der Waals surface area contributed by atoms with Crippen LogP contribution in [-0.4, -0.2) is 26.9 Å². The van der Waals surface area contributed by atoms with E-state index in [0.717, 1.165) is 0 Å². The molecular weight excluding hydrogens is 368 g/mol. The summed E-state index contributed by atoms with van der Waals surface area (Å²) in [7, 11) is -3.90. The first-order chi connectivity index (χ1) is 11.7. The molecule has 0 heterocycles. The van der Waals surface area contributed by atoms with Crippen LogP contribution in [0.2, 0.25) is 5.02 Å². The molecule has 0 aliphatic rings. The average molecular weight is 383 g/mol. The number of aryl methyl sites for hydroxylation is 1. The van der Waals surface area contributed by atoms with Gasteiger partial charge in [0.1, 0.15) is 0 Å². The molecule has 1 amide bonds. The number of sulfonamides is 1. The summed E-state index contributed by atoms with van der Waals surface area (Å²) in [6.45, 7) is 1.05. The quantitative estimate of drug-likeness (QED) is 0.768. The molecule has 7 nitrogen and oxygen atoms in total. The van der Waals surface area contributed by atoms with E-state index in [9.17, 15) is 18.0 Å². The van der Waals surface area contributed by atoms with Gasteiger partial charge in [-0.2, -0.15) is 0 Å². The molecule has 0 atom stereocenters. The fourth-order valence-electron chi connectivity index (χ4n) is 1.98. The van der Waals surface area contributed by atoms with Crippen LogP contribution in [0.5, 0.6) is 0 Å². The topological polar surface area (TPSA) is 116 Å². The Balaban J connectivity index is 1.99. The normalized spacial score (nSPS) is 11.0. The van der Waals surface area contributed by atoms with Crippen LogP contribution in [0.1, 0.15) is 15.9 Å². The van der Waals surface area contributed by atoms with Crippen molar-refractivity contribution in [3.63, 3.8) is 0 Å². The van der Waals surface area contributed by atoms with Gasteiger partial charge in [0.25, 0.3) is 5.91 Å². The maximum absolute atomic E-state index is 11.9. The second-order valence-electron chi connectivity index (χ2n) is 5.16. The lowest BCUT2D eigenvalue weighted by Crippen LogP contribution is -2.21. The largest absolute Gasteiger partial charge is 0.452 e. The lowest BCUT2D eigenvalue weighted by atomic mass is 10.2. The van der Waals surface area contributed by atoms with E-state index in [1.807, 2.05) is 0 Å². The zero-order chi connectivity index (χ0) is 18.6. The Bertz CT molecular complexity index is 911. The first-order valence-corrected chi connectivity index (χ1v) is 8.95. The lowest BCUT2D eigenvalue weighted by Gasteiger charge is -2.09. The van der Waals surface area contributed by atoms with E-state index in [4.69, 9.17) is 21.5 Å². The van der Waals surface area contributed by atoms with Crippen LogP contribution in [0, 0.1) is 6.92 Å². The number of hydrogen-bond donors (Lipinski definition) is 2. The van der Waals surface area contributed by atoms with Crippen LogP contribution >= 0.6 is 11.6 Å². The minimum atomic E-state index is -3.90. The van der Waals surface area contributed by atoms with Gasteiger partial charge < -0.3 is 10.1 Å². The van der Waals surface area contributed by atoms with Crippen molar-refractivity contribution >= 4 is 39.2 Å². The molecule has 0 saturated carbocycles. The highest BCUT2D eigenvalue weighted by molar-refractivity contribution is 7.89. The minimum absolute atomic E-state index is 0.0940. The highest BCUT2D eigenvalue weighted by Crippen LogP contribution is 2.19. The number of carbonyl (C=O) groups is 2. The van der Waals surface area contributed by atoms with Crippen LogP contribution in [-0.2, 0) is 19.6 Å². The van der Waals surface area contributed by atoms with E-state index in [0.29, 0.717) is 10.6 Å². The predicted molar refractivity (Wildman–Crippen MR) is 92.9 cm³/mol. The molecule has 9 heteroatoms. The Morgan fingerprint density at radius 2 is 1.80 bits per heavy atom. The number of hydrogen-bond acceptors (Lipinski definition) is 5. The van der Waals surface area contributed by atoms with Gasteiger partial charge in [-0.3, -0.25) is 4.79 Å². The maximum atomic E-state index is 11.9. The van der Waals surface area contributed by atoms with Crippen LogP contribution in [0.4, 0.5) is 5.69 Å². The van der Waals surface area contributed by atoms with E-state index in [-0.39, 0.29) is 16.1 Å². The van der Waals surface area contributed by atoms with Crippen LogP contribution in [0.3, 0.4) is 0 Å². The Morgan fingerprint density at radius 3 is 2.40 bits per heavy atom. The number of anilines is 1. The molecule has 132 valence electrons. The van der Waals surface area contributed by atoms with Crippen molar-refractivity contribution in [1.82, 2.24) is 0 Å². The fraction of sp³-hybridized carbons (Fsp3) is 0.125. The van der Waals surface area contributed by atoms with Crippen molar-refractivity contribution in [2.45, 2.75) is 11.8 Å². The van der Waals surface area contributed by atoms with Crippen molar-refractivity contribution in [3.8, 4) is 0 Å². The van der Waals surface area contributed by atoms with Crippen molar-refractivity contribution in [2.24, 2.45) is 5.14 Å². The summed E-state index contributed by atoms with van der Waals surface area (Å²) in [6, 6.07) is 10.3. The van der Waals surface area contributed by atoms with Crippen LogP contribution in [0.25, 0.3) is 0 Å². The maximum Gasteiger partial charge on any atom is 0.338 e. The number of carbonyl (C=O) groups excluding carboxylic acids is 2.